The largest absolute Gasteiger partial charge is 0.324 e. The van der Waals surface area contributed by atoms with E-state index in [1.807, 2.05) is 31.2 Å². The SMILES string of the molecule is C[C@H](NCC(=O)Nc1ccccc1Cl)c1cccnc1. The predicted molar refractivity (Wildman–Crippen MR) is 80.7 cm³/mol. The fourth-order valence-corrected chi connectivity index (χ4v) is 1.94. The molecule has 2 aromatic rings. The third-order valence-electron chi connectivity index (χ3n) is 2.90. The average molecular weight is 290 g/mol. The number of benzene rings is 1. The zero-order valence-corrected chi connectivity index (χ0v) is 11.9. The molecule has 0 radical (unpaired) electrons. The number of rotatable bonds is 5. The van der Waals surface area contributed by atoms with Crippen LogP contribution in [-0.2, 0) is 4.79 Å². The highest BCUT2D eigenvalue weighted by atomic mass is 35.5. The lowest BCUT2D eigenvalue weighted by Gasteiger charge is -2.14. The highest BCUT2D eigenvalue weighted by Gasteiger charge is 2.09. The molecule has 0 saturated heterocycles. The second-order valence-electron chi connectivity index (χ2n) is 4.42. The Labute approximate surface area is 123 Å². The van der Waals surface area contributed by atoms with E-state index in [1.165, 1.54) is 0 Å². The molecule has 0 aliphatic heterocycles. The maximum Gasteiger partial charge on any atom is 0.238 e. The Balaban J connectivity index is 1.85. The van der Waals surface area contributed by atoms with Gasteiger partial charge in [0.2, 0.25) is 5.91 Å². The van der Waals surface area contributed by atoms with Crippen molar-refractivity contribution in [3.05, 3.63) is 59.4 Å². The number of pyridine rings is 1. The Morgan fingerprint density at radius 2 is 2.10 bits per heavy atom. The van der Waals surface area contributed by atoms with E-state index in [9.17, 15) is 4.79 Å². The van der Waals surface area contributed by atoms with E-state index < -0.39 is 0 Å². The molecule has 0 aliphatic rings. The lowest BCUT2D eigenvalue weighted by molar-refractivity contribution is -0.115. The van der Waals surface area contributed by atoms with Gasteiger partial charge in [-0.3, -0.25) is 9.78 Å². The van der Waals surface area contributed by atoms with Crippen molar-refractivity contribution in [2.75, 3.05) is 11.9 Å². The Morgan fingerprint density at radius 1 is 1.30 bits per heavy atom. The second kappa shape index (κ2) is 7.03. The molecule has 4 nitrogen and oxygen atoms in total. The van der Waals surface area contributed by atoms with Crippen LogP contribution in [0.5, 0.6) is 0 Å². The van der Waals surface area contributed by atoms with Gasteiger partial charge in [-0.15, -0.1) is 0 Å². The molecule has 20 heavy (non-hydrogen) atoms. The van der Waals surface area contributed by atoms with E-state index in [2.05, 4.69) is 15.6 Å². The molecule has 0 bridgehead atoms. The molecule has 1 atom stereocenters. The van der Waals surface area contributed by atoms with Gasteiger partial charge in [-0.25, -0.2) is 0 Å². The summed E-state index contributed by atoms with van der Waals surface area (Å²) in [7, 11) is 0. The standard InChI is InChI=1S/C15H16ClN3O/c1-11(12-5-4-8-17-9-12)18-10-15(20)19-14-7-3-2-6-13(14)16/h2-9,11,18H,10H2,1H3,(H,19,20)/t11-/m0/s1. The fourth-order valence-electron chi connectivity index (χ4n) is 1.75. The van der Waals surface area contributed by atoms with Crippen LogP contribution in [0, 0.1) is 0 Å². The number of carbonyl (C=O) groups is 1. The molecular weight excluding hydrogens is 274 g/mol. The minimum Gasteiger partial charge on any atom is -0.324 e. The summed E-state index contributed by atoms with van der Waals surface area (Å²) in [6.45, 7) is 2.20. The van der Waals surface area contributed by atoms with Gasteiger partial charge in [-0.2, -0.15) is 0 Å². The number of para-hydroxylation sites is 1. The number of anilines is 1. The van der Waals surface area contributed by atoms with Crippen molar-refractivity contribution < 1.29 is 4.79 Å². The summed E-state index contributed by atoms with van der Waals surface area (Å²) in [6.07, 6.45) is 3.50. The summed E-state index contributed by atoms with van der Waals surface area (Å²) in [5, 5.41) is 6.44. The summed E-state index contributed by atoms with van der Waals surface area (Å²) in [5.41, 5.74) is 1.66. The molecule has 1 aromatic carbocycles. The molecule has 0 fully saturated rings. The number of aromatic nitrogens is 1. The molecule has 0 spiro atoms. The molecule has 2 rings (SSSR count). The molecule has 0 unspecified atom stereocenters. The van der Waals surface area contributed by atoms with Crippen LogP contribution in [-0.4, -0.2) is 17.4 Å². The van der Waals surface area contributed by atoms with Crippen LogP contribution < -0.4 is 10.6 Å². The van der Waals surface area contributed by atoms with Crippen LogP contribution in [0.4, 0.5) is 5.69 Å². The van der Waals surface area contributed by atoms with Crippen molar-refractivity contribution >= 4 is 23.2 Å². The monoisotopic (exact) mass is 289 g/mol. The first-order chi connectivity index (χ1) is 9.66. The summed E-state index contributed by atoms with van der Waals surface area (Å²) in [6, 6.07) is 11.1. The number of nitrogens with zero attached hydrogens (tertiary/aromatic N) is 1. The van der Waals surface area contributed by atoms with Crippen molar-refractivity contribution in [2.24, 2.45) is 0 Å². The Morgan fingerprint density at radius 3 is 2.80 bits per heavy atom. The van der Waals surface area contributed by atoms with Gasteiger partial charge in [0.05, 0.1) is 17.3 Å². The zero-order valence-electron chi connectivity index (χ0n) is 11.1. The van der Waals surface area contributed by atoms with Gasteiger partial charge in [-0.1, -0.05) is 29.8 Å². The lowest BCUT2D eigenvalue weighted by Crippen LogP contribution is -2.30. The zero-order chi connectivity index (χ0) is 14.4. The smallest absolute Gasteiger partial charge is 0.238 e. The number of carbonyl (C=O) groups excluding carboxylic acids is 1. The molecule has 1 heterocycles. The van der Waals surface area contributed by atoms with E-state index in [-0.39, 0.29) is 18.5 Å². The Hall–Kier alpha value is -1.91. The highest BCUT2D eigenvalue weighted by Crippen LogP contribution is 2.20. The van der Waals surface area contributed by atoms with Crippen LogP contribution >= 0.6 is 11.6 Å². The third kappa shape index (κ3) is 4.05. The quantitative estimate of drug-likeness (QED) is 0.889. The molecule has 1 amide bonds. The maximum absolute atomic E-state index is 11.9. The van der Waals surface area contributed by atoms with Crippen LogP contribution in [0.1, 0.15) is 18.5 Å². The third-order valence-corrected chi connectivity index (χ3v) is 3.23. The number of hydrogen-bond donors (Lipinski definition) is 2. The van der Waals surface area contributed by atoms with Gasteiger partial charge in [0.15, 0.2) is 0 Å². The van der Waals surface area contributed by atoms with Crippen molar-refractivity contribution in [3.63, 3.8) is 0 Å². The second-order valence-corrected chi connectivity index (χ2v) is 4.82. The summed E-state index contributed by atoms with van der Waals surface area (Å²) in [5.74, 6) is -0.131. The van der Waals surface area contributed by atoms with Gasteiger partial charge >= 0.3 is 0 Å². The van der Waals surface area contributed by atoms with Gasteiger partial charge in [-0.05, 0) is 30.7 Å². The number of hydrogen-bond acceptors (Lipinski definition) is 3. The van der Waals surface area contributed by atoms with Crippen molar-refractivity contribution in [1.29, 1.82) is 0 Å². The summed E-state index contributed by atoms with van der Waals surface area (Å²) >= 11 is 5.98. The molecule has 2 N–H and O–H groups in total. The van der Waals surface area contributed by atoms with E-state index in [4.69, 9.17) is 11.6 Å². The number of nitrogens with one attached hydrogen (secondary N) is 2. The highest BCUT2D eigenvalue weighted by molar-refractivity contribution is 6.33. The molecular formula is C15H16ClN3O. The van der Waals surface area contributed by atoms with Gasteiger partial charge < -0.3 is 10.6 Å². The minimum atomic E-state index is -0.131. The van der Waals surface area contributed by atoms with Crippen LogP contribution in [0.15, 0.2) is 48.8 Å². The Kier molecular flexibility index (Phi) is 5.09. The minimum absolute atomic E-state index is 0.0562. The van der Waals surface area contributed by atoms with Crippen molar-refractivity contribution in [3.8, 4) is 0 Å². The van der Waals surface area contributed by atoms with Gasteiger partial charge in [0.25, 0.3) is 0 Å². The molecule has 0 saturated carbocycles. The van der Waals surface area contributed by atoms with Crippen molar-refractivity contribution in [1.82, 2.24) is 10.3 Å². The number of amides is 1. The summed E-state index contributed by atoms with van der Waals surface area (Å²) < 4.78 is 0. The van der Waals surface area contributed by atoms with Crippen LogP contribution in [0.25, 0.3) is 0 Å². The molecule has 0 aliphatic carbocycles. The molecule has 104 valence electrons. The predicted octanol–water partition coefficient (Wildman–Crippen LogP) is 3.02. The van der Waals surface area contributed by atoms with Crippen molar-refractivity contribution in [2.45, 2.75) is 13.0 Å². The lowest BCUT2D eigenvalue weighted by atomic mass is 10.1. The summed E-state index contributed by atoms with van der Waals surface area (Å²) in [4.78, 5) is 15.9. The van der Waals surface area contributed by atoms with E-state index in [0.717, 1.165) is 5.56 Å². The topological polar surface area (TPSA) is 54.0 Å². The van der Waals surface area contributed by atoms with Gasteiger partial charge in [0, 0.05) is 18.4 Å². The normalized spacial score (nSPS) is 11.9. The Bertz CT molecular complexity index is 574. The van der Waals surface area contributed by atoms with E-state index >= 15 is 0 Å². The van der Waals surface area contributed by atoms with E-state index in [0.29, 0.717) is 10.7 Å². The number of halogens is 1. The first-order valence-electron chi connectivity index (χ1n) is 6.34. The molecule has 5 heteroatoms. The average Bonchev–Trinajstić information content (AvgIpc) is 2.48. The van der Waals surface area contributed by atoms with E-state index in [1.54, 1.807) is 24.5 Å². The first kappa shape index (κ1) is 14.5. The van der Waals surface area contributed by atoms with Crippen LogP contribution in [0.2, 0.25) is 5.02 Å². The van der Waals surface area contributed by atoms with Crippen LogP contribution in [0.3, 0.4) is 0 Å². The fraction of sp³-hybridized carbons (Fsp3) is 0.200. The van der Waals surface area contributed by atoms with Gasteiger partial charge in [0.1, 0.15) is 0 Å². The molecule has 1 aromatic heterocycles. The maximum atomic E-state index is 11.9. The first-order valence-corrected chi connectivity index (χ1v) is 6.72.